The van der Waals surface area contributed by atoms with Crippen molar-refractivity contribution in [2.24, 2.45) is 0 Å². The van der Waals surface area contributed by atoms with Crippen molar-refractivity contribution in [2.75, 3.05) is 6.61 Å². The molecule has 1 aromatic rings. The molecular formula is C13H16OSe. The zero-order valence-corrected chi connectivity index (χ0v) is 10.7. The van der Waals surface area contributed by atoms with Gasteiger partial charge in [0.15, 0.2) is 0 Å². The minimum atomic E-state index is 0.526. The van der Waals surface area contributed by atoms with Crippen molar-refractivity contribution in [1.29, 1.82) is 0 Å². The van der Waals surface area contributed by atoms with Crippen LogP contribution in [0.3, 0.4) is 0 Å². The molecule has 0 saturated carbocycles. The molecule has 0 atom stereocenters. The fourth-order valence-electron chi connectivity index (χ4n) is 0.957. The first kappa shape index (κ1) is 12.1. The van der Waals surface area contributed by atoms with E-state index in [0.717, 1.165) is 17.5 Å². The summed E-state index contributed by atoms with van der Waals surface area (Å²) in [5.74, 6) is 0. The summed E-state index contributed by atoms with van der Waals surface area (Å²) in [6, 6.07) is 10.6. The summed E-state index contributed by atoms with van der Waals surface area (Å²) in [6.07, 6.45) is 3.61. The van der Waals surface area contributed by atoms with Crippen molar-refractivity contribution >= 4 is 19.4 Å². The number of allylic oxidation sites excluding steroid dienone is 2. The summed E-state index contributed by atoms with van der Waals surface area (Å²) in [5, 5.41) is 1.11. The molecule has 0 saturated heterocycles. The summed E-state index contributed by atoms with van der Waals surface area (Å²) in [4.78, 5) is 0. The van der Waals surface area contributed by atoms with Crippen molar-refractivity contribution in [3.8, 4) is 0 Å². The van der Waals surface area contributed by atoms with Gasteiger partial charge in [-0.15, -0.1) is 0 Å². The topological polar surface area (TPSA) is 9.23 Å². The molecule has 0 fully saturated rings. The van der Waals surface area contributed by atoms with Crippen LogP contribution in [0, 0.1) is 0 Å². The van der Waals surface area contributed by atoms with E-state index in [0.29, 0.717) is 15.0 Å². The van der Waals surface area contributed by atoms with Gasteiger partial charge in [-0.2, -0.15) is 0 Å². The minimum absolute atomic E-state index is 0.526. The van der Waals surface area contributed by atoms with Crippen LogP contribution in [0.4, 0.5) is 0 Å². The Labute approximate surface area is 98.0 Å². The van der Waals surface area contributed by atoms with Crippen molar-refractivity contribution < 1.29 is 4.74 Å². The molecule has 0 radical (unpaired) electrons. The molecule has 0 aromatic heterocycles. The van der Waals surface area contributed by atoms with Gasteiger partial charge in [0.25, 0.3) is 0 Å². The average Bonchev–Trinajstić information content (AvgIpc) is 2.24. The van der Waals surface area contributed by atoms with Crippen molar-refractivity contribution in [2.45, 2.75) is 12.2 Å². The van der Waals surface area contributed by atoms with Crippen LogP contribution >= 0.6 is 0 Å². The van der Waals surface area contributed by atoms with Crippen LogP contribution in [-0.2, 0) is 4.74 Å². The Balaban J connectivity index is 2.10. The van der Waals surface area contributed by atoms with Gasteiger partial charge in [-0.1, -0.05) is 0 Å². The molecule has 0 N–H and O–H groups in total. The Bertz CT molecular complexity index is 317. The molecule has 0 unspecified atom stereocenters. The maximum atomic E-state index is 5.34. The van der Waals surface area contributed by atoms with Gasteiger partial charge in [-0.3, -0.25) is 0 Å². The van der Waals surface area contributed by atoms with Gasteiger partial charge < -0.3 is 0 Å². The predicted octanol–water partition coefficient (Wildman–Crippen LogP) is 2.54. The van der Waals surface area contributed by atoms with Gasteiger partial charge >= 0.3 is 97.8 Å². The Morgan fingerprint density at radius 3 is 2.80 bits per heavy atom. The Morgan fingerprint density at radius 1 is 1.40 bits per heavy atom. The average molecular weight is 267 g/mol. The second-order valence-electron chi connectivity index (χ2n) is 3.18. The van der Waals surface area contributed by atoms with Gasteiger partial charge in [0.2, 0.25) is 0 Å². The first-order valence-corrected chi connectivity index (χ1v) is 6.97. The number of benzene rings is 1. The standard InChI is InChI=1S/C13H16OSe/c1-12(2)8-9-14-10-11-15-13-6-4-3-5-7-13/h3-9H,1,10-11H2,2H3/b9-8+. The third-order valence-corrected chi connectivity index (χ3v) is 3.71. The van der Waals surface area contributed by atoms with Gasteiger partial charge in [-0.05, 0) is 0 Å². The first-order valence-electron chi connectivity index (χ1n) is 4.90. The van der Waals surface area contributed by atoms with Crippen LogP contribution in [0.2, 0.25) is 5.32 Å². The van der Waals surface area contributed by atoms with Crippen molar-refractivity contribution in [1.82, 2.24) is 0 Å². The fourth-order valence-corrected chi connectivity index (χ4v) is 2.56. The second kappa shape index (κ2) is 7.33. The molecule has 0 heterocycles. The molecule has 80 valence electrons. The molecule has 0 aliphatic rings. The maximum absolute atomic E-state index is 5.34. The van der Waals surface area contributed by atoms with Crippen LogP contribution < -0.4 is 4.46 Å². The zero-order chi connectivity index (χ0) is 10.9. The zero-order valence-electron chi connectivity index (χ0n) is 8.98. The van der Waals surface area contributed by atoms with Gasteiger partial charge in [0.1, 0.15) is 0 Å². The summed E-state index contributed by atoms with van der Waals surface area (Å²) in [6.45, 7) is 6.50. The van der Waals surface area contributed by atoms with E-state index in [2.05, 4.69) is 30.8 Å². The molecule has 0 amide bonds. The second-order valence-corrected chi connectivity index (χ2v) is 5.63. The molecule has 1 nitrogen and oxygen atoms in total. The molecule has 15 heavy (non-hydrogen) atoms. The molecule has 1 rings (SSSR count). The summed E-state index contributed by atoms with van der Waals surface area (Å²) in [5.41, 5.74) is 1.02. The van der Waals surface area contributed by atoms with Crippen molar-refractivity contribution in [3.63, 3.8) is 0 Å². The molecule has 2 heteroatoms. The molecule has 1 aromatic carbocycles. The van der Waals surface area contributed by atoms with E-state index < -0.39 is 0 Å². The fraction of sp³-hybridized carbons (Fsp3) is 0.231. The number of hydrogen-bond acceptors (Lipinski definition) is 1. The van der Waals surface area contributed by atoms with Crippen LogP contribution in [0.1, 0.15) is 6.92 Å². The SMILES string of the molecule is C=C(C)/C=C/OCC[Se]c1ccccc1. The van der Waals surface area contributed by atoms with Crippen LogP contribution in [0.5, 0.6) is 0 Å². The van der Waals surface area contributed by atoms with Crippen LogP contribution in [0.25, 0.3) is 0 Å². The van der Waals surface area contributed by atoms with E-state index in [4.69, 9.17) is 4.74 Å². The van der Waals surface area contributed by atoms with Gasteiger partial charge in [-0.25, -0.2) is 0 Å². The molecule has 0 bridgehead atoms. The third kappa shape index (κ3) is 6.16. The third-order valence-electron chi connectivity index (χ3n) is 1.66. The molecule has 0 aliphatic heterocycles. The summed E-state index contributed by atoms with van der Waals surface area (Å²) < 4.78 is 6.77. The van der Waals surface area contributed by atoms with Crippen molar-refractivity contribution in [3.05, 3.63) is 54.8 Å². The van der Waals surface area contributed by atoms with Gasteiger partial charge in [0.05, 0.1) is 0 Å². The van der Waals surface area contributed by atoms with Crippen LogP contribution in [-0.4, -0.2) is 21.6 Å². The molecule has 0 aliphatic carbocycles. The number of ether oxygens (including phenoxy) is 1. The van der Waals surface area contributed by atoms with Gasteiger partial charge in [0, 0.05) is 0 Å². The van der Waals surface area contributed by atoms with E-state index in [9.17, 15) is 0 Å². The number of hydrogen-bond donors (Lipinski definition) is 0. The van der Waals surface area contributed by atoms with E-state index in [1.807, 2.05) is 19.1 Å². The Kier molecular flexibility index (Phi) is 5.91. The quantitative estimate of drug-likeness (QED) is 0.333. The van der Waals surface area contributed by atoms with E-state index in [1.54, 1.807) is 6.26 Å². The monoisotopic (exact) mass is 268 g/mol. The van der Waals surface area contributed by atoms with E-state index in [1.165, 1.54) is 4.46 Å². The van der Waals surface area contributed by atoms with E-state index >= 15 is 0 Å². The predicted molar refractivity (Wildman–Crippen MR) is 66.5 cm³/mol. The molecular weight excluding hydrogens is 251 g/mol. The Morgan fingerprint density at radius 2 is 2.13 bits per heavy atom. The normalized spacial score (nSPS) is 10.5. The molecule has 0 spiro atoms. The Hall–Kier alpha value is -0.981. The van der Waals surface area contributed by atoms with Crippen LogP contribution in [0.15, 0.2) is 54.8 Å². The first-order chi connectivity index (χ1) is 7.29. The van der Waals surface area contributed by atoms with E-state index in [-0.39, 0.29) is 0 Å². The summed E-state index contributed by atoms with van der Waals surface area (Å²) in [7, 11) is 0. The number of rotatable bonds is 6. The summed E-state index contributed by atoms with van der Waals surface area (Å²) >= 11 is 0.526.